The van der Waals surface area contributed by atoms with Crippen molar-refractivity contribution in [3.8, 4) is 0 Å². The van der Waals surface area contributed by atoms with Gasteiger partial charge in [0.2, 0.25) is 0 Å². The van der Waals surface area contributed by atoms with Crippen LogP contribution in [0.1, 0.15) is 99.3 Å². The van der Waals surface area contributed by atoms with Crippen LogP contribution in [0.2, 0.25) is 0 Å². The summed E-state index contributed by atoms with van der Waals surface area (Å²) in [5.41, 5.74) is 0.653. The minimum atomic E-state index is -0.636. The SMILES string of the molecule is CC(C)[C@H](C)[C@@H](O)[C@H](O)[C@@H](C)[C@H]1CC[C@H]2[C@@H]3CC[C@H]4CC(=O)CC[C@]4(C)[C@H]3CC[C@]12C. The third-order valence-electron chi connectivity index (χ3n) is 11.7. The molecule has 0 bridgehead atoms. The summed E-state index contributed by atoms with van der Waals surface area (Å²) in [5, 5.41) is 22.0. The van der Waals surface area contributed by atoms with Gasteiger partial charge in [-0.1, -0.05) is 41.5 Å². The molecule has 3 heteroatoms. The number of hydrogen-bond donors (Lipinski definition) is 2. The first kappa shape index (κ1) is 23.7. The molecule has 4 aliphatic rings. The highest BCUT2D eigenvalue weighted by molar-refractivity contribution is 5.79. The van der Waals surface area contributed by atoms with Gasteiger partial charge in [-0.3, -0.25) is 4.79 Å². The summed E-state index contributed by atoms with van der Waals surface area (Å²) in [6.07, 6.45) is 9.05. The third kappa shape index (κ3) is 3.74. The Bertz CT molecular complexity index is 673. The molecule has 11 atom stereocenters. The molecule has 4 aliphatic carbocycles. The van der Waals surface area contributed by atoms with E-state index in [-0.39, 0.29) is 17.3 Å². The highest BCUT2D eigenvalue weighted by atomic mass is 16.3. The maximum atomic E-state index is 12.1. The standard InChI is InChI=1S/C28H48O3/c1-16(2)17(3)25(30)26(31)18(4)22-9-10-23-21-8-7-19-15-20(29)11-13-27(19,5)24(21)12-14-28(22,23)6/h16-19,21-26,30-31H,7-15H2,1-6H3/t17-,18-,19-,21-,22+,23-,24-,25+,26+,27-,28+/m0/s1. The summed E-state index contributed by atoms with van der Waals surface area (Å²) in [6.45, 7) is 13.6. The first-order valence-electron chi connectivity index (χ1n) is 13.4. The quantitative estimate of drug-likeness (QED) is 0.572. The summed E-state index contributed by atoms with van der Waals surface area (Å²) < 4.78 is 0. The average Bonchev–Trinajstić information content (AvgIpc) is 3.09. The van der Waals surface area contributed by atoms with Crippen molar-refractivity contribution in [3.05, 3.63) is 0 Å². The molecule has 0 radical (unpaired) electrons. The zero-order chi connectivity index (χ0) is 22.7. The van der Waals surface area contributed by atoms with Gasteiger partial charge < -0.3 is 10.2 Å². The Balaban J connectivity index is 1.51. The van der Waals surface area contributed by atoms with E-state index in [4.69, 9.17) is 0 Å². The Labute approximate surface area is 190 Å². The van der Waals surface area contributed by atoms with Gasteiger partial charge in [0.1, 0.15) is 5.78 Å². The van der Waals surface area contributed by atoms with E-state index in [0.717, 1.165) is 37.0 Å². The van der Waals surface area contributed by atoms with Gasteiger partial charge in [0.25, 0.3) is 0 Å². The van der Waals surface area contributed by atoms with Crippen molar-refractivity contribution >= 4 is 5.78 Å². The zero-order valence-corrected chi connectivity index (χ0v) is 20.9. The smallest absolute Gasteiger partial charge is 0.133 e. The highest BCUT2D eigenvalue weighted by Crippen LogP contribution is 2.68. The van der Waals surface area contributed by atoms with Crippen LogP contribution in [0, 0.1) is 58.2 Å². The van der Waals surface area contributed by atoms with Crippen molar-refractivity contribution in [1.29, 1.82) is 0 Å². The maximum Gasteiger partial charge on any atom is 0.133 e. The monoisotopic (exact) mass is 432 g/mol. The number of carbonyl (C=O) groups excluding carboxylic acids is 1. The number of aliphatic hydroxyl groups excluding tert-OH is 2. The van der Waals surface area contributed by atoms with Crippen molar-refractivity contribution in [2.45, 2.75) is 112 Å². The Kier molecular flexibility index (Phi) is 6.45. The summed E-state index contributed by atoms with van der Waals surface area (Å²) >= 11 is 0. The highest BCUT2D eigenvalue weighted by Gasteiger charge is 2.61. The lowest BCUT2D eigenvalue weighted by molar-refractivity contribution is -0.143. The lowest BCUT2D eigenvalue weighted by atomic mass is 9.44. The largest absolute Gasteiger partial charge is 0.390 e. The van der Waals surface area contributed by atoms with Gasteiger partial charge in [0.05, 0.1) is 12.2 Å². The van der Waals surface area contributed by atoms with Crippen molar-refractivity contribution in [2.75, 3.05) is 0 Å². The van der Waals surface area contributed by atoms with Gasteiger partial charge >= 0.3 is 0 Å². The van der Waals surface area contributed by atoms with Crippen LogP contribution in [0.5, 0.6) is 0 Å². The van der Waals surface area contributed by atoms with Gasteiger partial charge in [-0.2, -0.15) is 0 Å². The van der Waals surface area contributed by atoms with Crippen LogP contribution in [0.15, 0.2) is 0 Å². The van der Waals surface area contributed by atoms with E-state index in [1.165, 1.54) is 38.5 Å². The zero-order valence-electron chi connectivity index (χ0n) is 20.9. The molecule has 4 fully saturated rings. The fourth-order valence-electron chi connectivity index (χ4n) is 9.20. The van der Waals surface area contributed by atoms with Crippen molar-refractivity contribution in [3.63, 3.8) is 0 Å². The Morgan fingerprint density at radius 2 is 1.52 bits per heavy atom. The molecule has 0 unspecified atom stereocenters. The Hall–Kier alpha value is -0.410. The van der Waals surface area contributed by atoms with Crippen LogP contribution in [-0.4, -0.2) is 28.2 Å². The Morgan fingerprint density at radius 3 is 2.19 bits per heavy atom. The number of Topliss-reactive ketones (excluding diaryl/α,β-unsaturated/α-hetero) is 1. The van der Waals surface area contributed by atoms with E-state index < -0.39 is 12.2 Å². The second kappa shape index (κ2) is 8.42. The van der Waals surface area contributed by atoms with E-state index in [1.807, 2.05) is 0 Å². The second-order valence-corrected chi connectivity index (χ2v) is 13.1. The molecule has 0 saturated heterocycles. The summed E-state index contributed by atoms with van der Waals surface area (Å²) in [4.78, 5) is 12.1. The molecule has 4 saturated carbocycles. The fraction of sp³-hybridized carbons (Fsp3) is 0.964. The number of carbonyl (C=O) groups is 1. The molecule has 0 heterocycles. The van der Waals surface area contributed by atoms with E-state index in [0.29, 0.717) is 29.0 Å². The van der Waals surface area contributed by atoms with Crippen molar-refractivity contribution < 1.29 is 15.0 Å². The molecular formula is C28H48O3. The lowest BCUT2D eigenvalue weighted by Crippen LogP contribution is -2.54. The fourth-order valence-corrected chi connectivity index (χ4v) is 9.20. The molecule has 0 aromatic heterocycles. The first-order chi connectivity index (χ1) is 14.5. The molecular weight excluding hydrogens is 384 g/mol. The normalized spacial score (nSPS) is 46.6. The van der Waals surface area contributed by atoms with Crippen molar-refractivity contribution in [1.82, 2.24) is 0 Å². The summed E-state index contributed by atoms with van der Waals surface area (Å²) in [5.74, 6) is 4.57. The number of ketones is 1. The van der Waals surface area contributed by atoms with Crippen LogP contribution in [0.3, 0.4) is 0 Å². The maximum absolute atomic E-state index is 12.1. The topological polar surface area (TPSA) is 57.5 Å². The van der Waals surface area contributed by atoms with E-state index in [1.54, 1.807) is 0 Å². The molecule has 0 spiro atoms. The molecule has 0 aromatic rings. The molecule has 4 rings (SSSR count). The number of rotatable bonds is 5. The van der Waals surface area contributed by atoms with Crippen LogP contribution >= 0.6 is 0 Å². The number of fused-ring (bicyclic) bond motifs is 5. The minimum Gasteiger partial charge on any atom is -0.390 e. The van der Waals surface area contributed by atoms with Crippen LogP contribution in [0.25, 0.3) is 0 Å². The van der Waals surface area contributed by atoms with Crippen molar-refractivity contribution in [2.24, 2.45) is 58.2 Å². The van der Waals surface area contributed by atoms with Gasteiger partial charge in [0.15, 0.2) is 0 Å². The average molecular weight is 433 g/mol. The van der Waals surface area contributed by atoms with E-state index in [9.17, 15) is 15.0 Å². The predicted molar refractivity (Wildman–Crippen MR) is 125 cm³/mol. The molecule has 0 aromatic carbocycles. The number of hydrogen-bond acceptors (Lipinski definition) is 3. The van der Waals surface area contributed by atoms with Crippen LogP contribution in [0.4, 0.5) is 0 Å². The van der Waals surface area contributed by atoms with E-state index >= 15 is 0 Å². The van der Waals surface area contributed by atoms with E-state index in [2.05, 4.69) is 41.5 Å². The van der Waals surface area contributed by atoms with Crippen LogP contribution < -0.4 is 0 Å². The molecule has 31 heavy (non-hydrogen) atoms. The first-order valence-corrected chi connectivity index (χ1v) is 13.4. The molecule has 0 aliphatic heterocycles. The van der Waals surface area contributed by atoms with Gasteiger partial charge in [0, 0.05) is 12.8 Å². The molecule has 2 N–H and O–H groups in total. The third-order valence-corrected chi connectivity index (χ3v) is 11.7. The Morgan fingerprint density at radius 1 is 0.839 bits per heavy atom. The van der Waals surface area contributed by atoms with Gasteiger partial charge in [-0.25, -0.2) is 0 Å². The van der Waals surface area contributed by atoms with Gasteiger partial charge in [-0.15, -0.1) is 0 Å². The molecule has 0 amide bonds. The summed E-state index contributed by atoms with van der Waals surface area (Å²) in [6, 6.07) is 0. The summed E-state index contributed by atoms with van der Waals surface area (Å²) in [7, 11) is 0. The number of aliphatic hydroxyl groups is 2. The van der Waals surface area contributed by atoms with Gasteiger partial charge in [-0.05, 0) is 103 Å². The predicted octanol–water partition coefficient (Wildman–Crippen LogP) is 5.86. The molecule has 178 valence electrons. The van der Waals surface area contributed by atoms with Crippen LogP contribution in [-0.2, 0) is 4.79 Å². The lowest BCUT2D eigenvalue weighted by Gasteiger charge is -2.60. The second-order valence-electron chi connectivity index (χ2n) is 13.1. The molecule has 3 nitrogen and oxygen atoms in total. The minimum absolute atomic E-state index is 0.113.